The molecule has 3 N–H and O–H groups in total. The van der Waals surface area contributed by atoms with Crippen LogP contribution in [0.25, 0.3) is 10.4 Å². The molecule has 3 aromatic rings. The Balaban J connectivity index is 1.42. The molecule has 4 rings (SSSR count). The van der Waals surface area contributed by atoms with E-state index < -0.39 is 31.9 Å². The van der Waals surface area contributed by atoms with Gasteiger partial charge in [0.15, 0.2) is 0 Å². The van der Waals surface area contributed by atoms with Gasteiger partial charge in [-0.2, -0.15) is 0 Å². The molecular formula is C21H24N5O6PS. The van der Waals surface area contributed by atoms with Crippen LogP contribution in [0.5, 0.6) is 0 Å². The summed E-state index contributed by atoms with van der Waals surface area (Å²) in [6.07, 6.45) is 1.46. The van der Waals surface area contributed by atoms with Crippen molar-refractivity contribution in [3.8, 4) is 10.4 Å². The van der Waals surface area contributed by atoms with E-state index in [0.29, 0.717) is 0 Å². The largest absolute Gasteiger partial charge is 0.465 e. The first-order valence-corrected chi connectivity index (χ1v) is 12.9. The Morgan fingerprint density at radius 1 is 1.32 bits per heavy atom. The highest BCUT2D eigenvalue weighted by Gasteiger charge is 2.43. The third-order valence-corrected chi connectivity index (χ3v) is 8.03. The van der Waals surface area contributed by atoms with Gasteiger partial charge in [-0.25, -0.2) is 23.7 Å². The fourth-order valence-electron chi connectivity index (χ4n) is 3.88. The molecule has 3 unspecified atom stereocenters. The number of hydrogen-bond donors (Lipinski definition) is 3. The minimum Gasteiger partial charge on any atom is -0.465 e. The van der Waals surface area contributed by atoms with Crippen molar-refractivity contribution in [2.45, 2.75) is 38.5 Å². The van der Waals surface area contributed by atoms with E-state index in [1.165, 1.54) is 12.4 Å². The Bertz CT molecular complexity index is 1210. The summed E-state index contributed by atoms with van der Waals surface area (Å²) in [6.45, 7) is 3.55. The van der Waals surface area contributed by atoms with Gasteiger partial charge in [0.25, 0.3) is 0 Å². The number of amides is 2. The molecule has 34 heavy (non-hydrogen) atoms. The van der Waals surface area contributed by atoms with Crippen LogP contribution >= 0.6 is 19.1 Å². The third-order valence-electron chi connectivity index (χ3n) is 5.66. The average molecular weight is 505 g/mol. The molecule has 0 spiro atoms. The smallest absolute Gasteiger partial charge is 0.437 e. The minimum absolute atomic E-state index is 0.0479. The number of nitrogens with one attached hydrogen (secondary N) is 1. The zero-order chi connectivity index (χ0) is 24.5. The summed E-state index contributed by atoms with van der Waals surface area (Å²) in [5, 5.41) is 12.4. The van der Waals surface area contributed by atoms with Gasteiger partial charge in [0, 0.05) is 18.8 Å². The Labute approximate surface area is 199 Å². The van der Waals surface area contributed by atoms with Crippen molar-refractivity contribution in [1.29, 1.82) is 0 Å². The number of likely N-dealkylation sites (tertiary alicyclic amines) is 1. The average Bonchev–Trinajstić information content (AvgIpc) is 3.54. The number of carbonyl (C=O) groups excluding carboxylic acids is 1. The lowest BCUT2D eigenvalue weighted by Crippen LogP contribution is -2.46. The lowest BCUT2D eigenvalue weighted by Gasteiger charge is -2.23. The van der Waals surface area contributed by atoms with Crippen LogP contribution < -0.4 is 5.32 Å². The van der Waals surface area contributed by atoms with E-state index in [-0.39, 0.29) is 19.0 Å². The maximum absolute atomic E-state index is 13.0. The number of carboxylic acid groups (broad SMARTS) is 1. The highest BCUT2D eigenvalue weighted by molar-refractivity contribution is 7.51. The molecule has 180 valence electrons. The zero-order valence-corrected chi connectivity index (χ0v) is 20.1. The molecule has 0 radical (unpaired) electrons. The monoisotopic (exact) mass is 505 g/mol. The van der Waals surface area contributed by atoms with Crippen molar-refractivity contribution in [3.63, 3.8) is 0 Å². The second kappa shape index (κ2) is 9.67. The molecule has 1 fully saturated rings. The van der Waals surface area contributed by atoms with Gasteiger partial charge in [0.1, 0.15) is 12.4 Å². The molecule has 2 amide bonds. The van der Waals surface area contributed by atoms with Crippen LogP contribution in [0.4, 0.5) is 4.79 Å². The van der Waals surface area contributed by atoms with E-state index >= 15 is 0 Å². The normalized spacial score (nSPS) is 20.6. The maximum atomic E-state index is 13.0. The summed E-state index contributed by atoms with van der Waals surface area (Å²) >= 11 is 1.55. The number of rotatable bonds is 7. The maximum Gasteiger partial charge on any atom is 0.437 e. The molecule has 1 aromatic carbocycles. The molecule has 11 nitrogen and oxygen atoms in total. The van der Waals surface area contributed by atoms with Gasteiger partial charge < -0.3 is 15.3 Å². The Morgan fingerprint density at radius 2 is 2.06 bits per heavy atom. The van der Waals surface area contributed by atoms with E-state index in [4.69, 9.17) is 4.52 Å². The molecule has 13 heteroatoms. The van der Waals surface area contributed by atoms with Gasteiger partial charge >= 0.3 is 13.8 Å². The van der Waals surface area contributed by atoms with Crippen molar-refractivity contribution >= 4 is 31.1 Å². The topological polar surface area (TPSA) is 147 Å². The molecule has 0 aliphatic carbocycles. The number of thiazole rings is 1. The number of aromatic nitrogens is 3. The van der Waals surface area contributed by atoms with Gasteiger partial charge in [0.2, 0.25) is 5.91 Å². The van der Waals surface area contributed by atoms with Crippen LogP contribution in [0.1, 0.15) is 30.6 Å². The Kier molecular flexibility index (Phi) is 6.85. The minimum atomic E-state index is -4.27. The van der Waals surface area contributed by atoms with Gasteiger partial charge in [0.05, 0.1) is 34.8 Å². The fraction of sp³-hybridized carbons (Fsp3) is 0.333. The van der Waals surface area contributed by atoms with E-state index in [1.807, 2.05) is 31.2 Å². The Hall–Kier alpha value is -3.05. The molecule has 1 aliphatic rings. The highest BCUT2D eigenvalue weighted by atomic mass is 32.1. The van der Waals surface area contributed by atoms with Gasteiger partial charge in [-0.15, -0.1) is 11.3 Å². The second-order valence-corrected chi connectivity index (χ2v) is 10.5. The number of hydrogen-bond acceptors (Lipinski definition) is 7. The first-order valence-electron chi connectivity index (χ1n) is 10.5. The first kappa shape index (κ1) is 24.1. The molecule has 1 saturated heterocycles. The van der Waals surface area contributed by atoms with Crippen molar-refractivity contribution in [1.82, 2.24) is 24.5 Å². The standard InChI is InChI=1S/C21H24N5O6PS/c1-13(15-3-5-16(6-4-15)19-14(2)23-12-34-19)24-20(27)18-9-17(10-26(18)21(28)29)32-33(30,31)25-8-7-22-11-25/h3-8,11-13,17-18H,9-10H2,1-2H3,(H,24,27)(H,28,29)(H,30,31)/t13-,17?,18?/m0/s1. The van der Waals surface area contributed by atoms with Crippen molar-refractivity contribution in [2.24, 2.45) is 0 Å². The Morgan fingerprint density at radius 3 is 2.65 bits per heavy atom. The molecule has 0 saturated carbocycles. The van der Waals surface area contributed by atoms with Gasteiger partial charge in [-0.1, -0.05) is 24.3 Å². The van der Waals surface area contributed by atoms with Gasteiger partial charge in [-0.3, -0.25) is 14.2 Å². The first-order chi connectivity index (χ1) is 16.2. The number of imidazole rings is 1. The summed E-state index contributed by atoms with van der Waals surface area (Å²) < 4.78 is 18.7. The number of nitrogens with zero attached hydrogens (tertiary/aromatic N) is 4. The molecule has 4 atom stereocenters. The van der Waals surface area contributed by atoms with Crippen LogP contribution in [0.15, 0.2) is 48.5 Å². The predicted octanol–water partition coefficient (Wildman–Crippen LogP) is 3.28. The molecule has 3 heterocycles. The van der Waals surface area contributed by atoms with Gasteiger partial charge in [-0.05, 0) is 25.0 Å². The van der Waals surface area contributed by atoms with Crippen LogP contribution in [-0.2, 0) is 13.9 Å². The lowest BCUT2D eigenvalue weighted by atomic mass is 10.0. The van der Waals surface area contributed by atoms with E-state index in [0.717, 1.165) is 37.3 Å². The summed E-state index contributed by atoms with van der Waals surface area (Å²) in [4.78, 5) is 44.8. The summed E-state index contributed by atoms with van der Waals surface area (Å²) in [5.74, 6) is -0.501. The molecule has 1 aliphatic heterocycles. The number of benzene rings is 1. The molecule has 0 bridgehead atoms. The SMILES string of the molecule is Cc1ncsc1-c1ccc([C@H](C)NC(=O)C2CC(OP(=O)(O)n3ccnc3)CN2C(=O)O)cc1. The van der Waals surface area contributed by atoms with Crippen LogP contribution in [0.3, 0.4) is 0 Å². The van der Waals surface area contributed by atoms with Crippen molar-refractivity contribution in [3.05, 3.63) is 59.8 Å². The zero-order valence-electron chi connectivity index (χ0n) is 18.4. The summed E-state index contributed by atoms with van der Waals surface area (Å²) in [7, 11) is -4.27. The van der Waals surface area contributed by atoms with Crippen molar-refractivity contribution < 1.29 is 28.7 Å². The molecule has 2 aromatic heterocycles. The fourth-order valence-corrected chi connectivity index (χ4v) is 5.76. The quantitative estimate of drug-likeness (QED) is 0.415. The van der Waals surface area contributed by atoms with Crippen LogP contribution in [0.2, 0.25) is 0 Å². The molecular weight excluding hydrogens is 481 g/mol. The van der Waals surface area contributed by atoms with E-state index in [1.54, 1.807) is 23.8 Å². The van der Waals surface area contributed by atoms with E-state index in [2.05, 4.69) is 15.3 Å². The van der Waals surface area contributed by atoms with Crippen molar-refractivity contribution in [2.75, 3.05) is 6.54 Å². The number of carbonyl (C=O) groups is 2. The number of aryl methyl sites for hydroxylation is 1. The second-order valence-electron chi connectivity index (χ2n) is 7.97. The predicted molar refractivity (Wildman–Crippen MR) is 124 cm³/mol. The summed E-state index contributed by atoms with van der Waals surface area (Å²) in [5.41, 5.74) is 4.62. The van der Waals surface area contributed by atoms with Crippen LogP contribution in [0, 0.1) is 6.92 Å². The lowest BCUT2D eigenvalue weighted by molar-refractivity contribution is -0.125. The van der Waals surface area contributed by atoms with Crippen LogP contribution in [-0.4, -0.2) is 59.9 Å². The van der Waals surface area contributed by atoms with E-state index in [9.17, 15) is 24.2 Å². The highest BCUT2D eigenvalue weighted by Crippen LogP contribution is 2.46. The summed E-state index contributed by atoms with van der Waals surface area (Å²) in [6, 6.07) is 6.29. The third kappa shape index (κ3) is 5.05.